The summed E-state index contributed by atoms with van der Waals surface area (Å²) in [5.74, 6) is 0.393. The van der Waals surface area contributed by atoms with Crippen LogP contribution >= 0.6 is 23.4 Å². The van der Waals surface area contributed by atoms with E-state index in [0.717, 1.165) is 41.9 Å². The summed E-state index contributed by atoms with van der Waals surface area (Å²) in [6, 6.07) is 19.6. The molecule has 1 fully saturated rings. The lowest BCUT2D eigenvalue weighted by molar-refractivity contribution is -0.0435. The lowest BCUT2D eigenvalue weighted by Gasteiger charge is -2.37. The van der Waals surface area contributed by atoms with Crippen LogP contribution in [0.1, 0.15) is 56.4 Å². The summed E-state index contributed by atoms with van der Waals surface area (Å²) < 4.78 is 105. The van der Waals surface area contributed by atoms with E-state index in [1.807, 2.05) is 42.5 Å². The fourth-order valence-electron chi connectivity index (χ4n) is 8.08. The number of hydrogen-bond acceptors (Lipinski definition) is 11. The Balaban J connectivity index is 1.12. The average molecular weight is 920 g/mol. The topological polar surface area (TPSA) is 134 Å². The Labute approximate surface area is 365 Å². The van der Waals surface area contributed by atoms with Crippen LogP contribution in [-0.2, 0) is 37.6 Å². The largest absolute Gasteiger partial charge is 0.501 e. The van der Waals surface area contributed by atoms with Crippen molar-refractivity contribution < 1.29 is 34.7 Å². The van der Waals surface area contributed by atoms with E-state index in [1.54, 1.807) is 0 Å². The lowest BCUT2D eigenvalue weighted by atomic mass is 9.72. The smallest absolute Gasteiger partial charge is 0.380 e. The number of benzene rings is 3. The van der Waals surface area contributed by atoms with Crippen molar-refractivity contribution in [2.24, 2.45) is 5.41 Å². The molecule has 0 unspecified atom stereocenters. The van der Waals surface area contributed by atoms with Gasteiger partial charge in [0.25, 0.3) is 19.9 Å². The number of fused-ring (bicyclic) bond motifs is 1. The molecular formula is C43H50ClF3N6O5S3. The van der Waals surface area contributed by atoms with Gasteiger partial charge in [0, 0.05) is 66.5 Å². The van der Waals surface area contributed by atoms with Crippen LogP contribution in [0, 0.1) is 5.41 Å². The second kappa shape index (κ2) is 19.0. The van der Waals surface area contributed by atoms with E-state index in [2.05, 4.69) is 55.8 Å². The zero-order chi connectivity index (χ0) is 43.4. The molecule has 1 saturated heterocycles. The molecule has 18 heteroatoms. The molecule has 1 atom stereocenters. The van der Waals surface area contributed by atoms with E-state index in [4.69, 9.17) is 16.3 Å². The number of aromatic nitrogens is 2. The number of anilines is 2. The van der Waals surface area contributed by atoms with Gasteiger partial charge in [0.1, 0.15) is 17.0 Å². The normalized spacial score (nSPS) is 18.4. The molecule has 0 spiro atoms. The highest BCUT2D eigenvalue weighted by atomic mass is 35.5. The number of alkyl halides is 3. The minimum absolute atomic E-state index is 0.00642. The van der Waals surface area contributed by atoms with Crippen LogP contribution in [0.25, 0.3) is 5.57 Å². The number of sulfonamides is 1. The van der Waals surface area contributed by atoms with E-state index >= 15 is 0 Å². The Hall–Kier alpha value is -3.71. The Kier molecular flexibility index (Phi) is 14.1. The van der Waals surface area contributed by atoms with Crippen molar-refractivity contribution in [3.8, 4) is 0 Å². The molecule has 0 amide bonds. The number of nitrogens with one attached hydrogen (secondary N) is 2. The molecule has 328 valence electrons. The first-order valence-corrected chi connectivity index (χ1v) is 24.6. The molecule has 3 aliphatic rings. The van der Waals surface area contributed by atoms with Crippen molar-refractivity contribution in [2.75, 3.05) is 61.7 Å². The van der Waals surface area contributed by atoms with E-state index < -0.39 is 41.2 Å². The second-order valence-electron chi connectivity index (χ2n) is 16.5. The Morgan fingerprint density at radius 1 is 0.934 bits per heavy atom. The molecule has 11 nitrogen and oxygen atoms in total. The van der Waals surface area contributed by atoms with Crippen LogP contribution in [-0.4, -0.2) is 99.8 Å². The molecule has 2 aliphatic heterocycles. The van der Waals surface area contributed by atoms with Gasteiger partial charge in [0.05, 0.1) is 29.5 Å². The monoisotopic (exact) mass is 918 g/mol. The highest BCUT2D eigenvalue weighted by Gasteiger charge is 2.48. The van der Waals surface area contributed by atoms with Gasteiger partial charge in [-0.25, -0.2) is 26.8 Å². The predicted molar refractivity (Wildman–Crippen MR) is 234 cm³/mol. The molecule has 4 aromatic rings. The van der Waals surface area contributed by atoms with E-state index in [1.165, 1.54) is 29.2 Å². The number of sulfone groups is 1. The first kappa shape index (κ1) is 45.3. The Bertz CT molecular complexity index is 2430. The number of morpholine rings is 1. The number of nitrogens with zero attached hydrogens (tertiary/aromatic N) is 4. The second-order valence-corrected chi connectivity index (χ2v) is 21.6. The van der Waals surface area contributed by atoms with Gasteiger partial charge in [-0.3, -0.25) is 14.5 Å². The zero-order valence-electron chi connectivity index (χ0n) is 34.0. The van der Waals surface area contributed by atoms with E-state index in [9.17, 15) is 30.0 Å². The van der Waals surface area contributed by atoms with Gasteiger partial charge >= 0.3 is 5.51 Å². The summed E-state index contributed by atoms with van der Waals surface area (Å²) in [5, 5.41) is 3.73. The lowest BCUT2D eigenvalue weighted by Crippen LogP contribution is -2.39. The van der Waals surface area contributed by atoms with Crippen LogP contribution in [0.15, 0.2) is 99.4 Å². The van der Waals surface area contributed by atoms with Crippen molar-refractivity contribution in [2.45, 2.75) is 78.7 Å². The van der Waals surface area contributed by atoms with Gasteiger partial charge < -0.3 is 10.1 Å². The molecule has 2 N–H and O–H groups in total. The van der Waals surface area contributed by atoms with Crippen molar-refractivity contribution in [1.82, 2.24) is 19.8 Å². The van der Waals surface area contributed by atoms with Gasteiger partial charge in [0.15, 0.2) is 0 Å². The molecule has 0 saturated carbocycles. The zero-order valence-corrected chi connectivity index (χ0v) is 37.3. The van der Waals surface area contributed by atoms with Crippen molar-refractivity contribution in [3.05, 3.63) is 107 Å². The third-order valence-electron chi connectivity index (χ3n) is 11.4. The summed E-state index contributed by atoms with van der Waals surface area (Å²) in [6.45, 7) is 9.35. The van der Waals surface area contributed by atoms with Gasteiger partial charge in [-0.05, 0) is 91.1 Å². The Morgan fingerprint density at radius 3 is 2.39 bits per heavy atom. The summed E-state index contributed by atoms with van der Waals surface area (Å²) in [5.41, 5.74) is -0.931. The molecule has 3 heterocycles. The van der Waals surface area contributed by atoms with Crippen LogP contribution in [0.4, 0.5) is 24.7 Å². The molecule has 0 radical (unpaired) electrons. The summed E-state index contributed by atoms with van der Waals surface area (Å²) >= 11 is 7.67. The fourth-order valence-corrected chi connectivity index (χ4v) is 11.3. The molecule has 0 bridgehead atoms. The van der Waals surface area contributed by atoms with Gasteiger partial charge in [-0.1, -0.05) is 61.4 Å². The highest BCUT2D eigenvalue weighted by Crippen LogP contribution is 2.43. The SMILES string of the molecule is CC1(C)CCC(c2ccc(Cl)cc2)=C(CN2CCc3c(ncnc3NS(=O)(=O)c3ccc(N[C@H](CCN4CCOCC4)CSc4ccccc4)c(S(=O)(=O)C(F)(F)F)c3)C2)C1. The van der Waals surface area contributed by atoms with Crippen LogP contribution in [0.5, 0.6) is 0 Å². The average Bonchev–Trinajstić information content (AvgIpc) is 3.22. The van der Waals surface area contributed by atoms with Crippen LogP contribution < -0.4 is 10.0 Å². The maximum absolute atomic E-state index is 14.3. The first-order chi connectivity index (χ1) is 29.0. The van der Waals surface area contributed by atoms with Crippen molar-refractivity contribution in [1.29, 1.82) is 0 Å². The molecule has 7 rings (SSSR count). The van der Waals surface area contributed by atoms with Crippen molar-refractivity contribution in [3.63, 3.8) is 0 Å². The molecule has 1 aromatic heterocycles. The quantitative estimate of drug-likeness (QED) is 0.111. The third-order valence-corrected chi connectivity index (χ3v) is 15.7. The number of thioether (sulfide) groups is 1. The molecule has 1 aliphatic carbocycles. The first-order valence-electron chi connectivity index (χ1n) is 20.2. The van der Waals surface area contributed by atoms with Gasteiger partial charge in [-0.15, -0.1) is 11.8 Å². The maximum Gasteiger partial charge on any atom is 0.501 e. The van der Waals surface area contributed by atoms with E-state index in [-0.39, 0.29) is 16.9 Å². The molecular weight excluding hydrogens is 869 g/mol. The van der Waals surface area contributed by atoms with Gasteiger partial charge in [0.2, 0.25) is 0 Å². The number of rotatable bonds is 15. The van der Waals surface area contributed by atoms with Crippen LogP contribution in [0.2, 0.25) is 5.02 Å². The van der Waals surface area contributed by atoms with E-state index in [0.29, 0.717) is 93.4 Å². The number of allylic oxidation sites excluding steroid dienone is 1. The molecule has 61 heavy (non-hydrogen) atoms. The summed E-state index contributed by atoms with van der Waals surface area (Å²) in [7, 11) is -10.6. The fraction of sp³-hybridized carbons (Fsp3) is 0.442. The van der Waals surface area contributed by atoms with Crippen LogP contribution in [0.3, 0.4) is 0 Å². The third kappa shape index (κ3) is 11.3. The summed E-state index contributed by atoms with van der Waals surface area (Å²) in [6.07, 6.45) is 5.05. The summed E-state index contributed by atoms with van der Waals surface area (Å²) in [4.78, 5) is 12.3. The minimum Gasteiger partial charge on any atom is -0.380 e. The molecule has 3 aromatic carbocycles. The highest BCUT2D eigenvalue weighted by molar-refractivity contribution is 7.99. The predicted octanol–water partition coefficient (Wildman–Crippen LogP) is 8.54. The van der Waals surface area contributed by atoms with Gasteiger partial charge in [-0.2, -0.15) is 13.2 Å². The minimum atomic E-state index is -6.00. The standard InChI is InChI=1S/C43H50ClF3N6O5S3/c1-42(2)17-14-36(30-8-10-32(44)11-9-30)31(25-42)26-53-19-16-37-39(27-53)48-29-49-41(37)51-61(56,57)35-12-13-38(40(24-35)60(54,55)43(45,46)47)50-33(15-18-52-20-22-58-23-21-52)28-59-34-6-4-3-5-7-34/h3-13,24,29,33,50H,14-23,25-28H2,1-2H3,(H,48,49,51)/t33-/m1/s1. The maximum atomic E-state index is 14.3. The Morgan fingerprint density at radius 2 is 1.67 bits per heavy atom. The number of halogens is 4. The van der Waals surface area contributed by atoms with Crippen molar-refractivity contribution >= 4 is 60.3 Å². The number of ether oxygens (including phenoxy) is 1. The number of hydrogen-bond donors (Lipinski definition) is 2.